The van der Waals surface area contributed by atoms with Crippen LogP contribution in [-0.4, -0.2) is 38.2 Å². The molecule has 0 spiro atoms. The number of likely N-dealkylation sites (tertiary alicyclic amines) is 1. The SMILES string of the molecule is CC(=O)N1CCc2cc(S(=O)(=O)NCc3ccc(CN4CCCC4=O)cc3)ccc21. The number of anilines is 1. The summed E-state index contributed by atoms with van der Waals surface area (Å²) in [7, 11) is -3.66. The van der Waals surface area contributed by atoms with Crippen molar-refractivity contribution in [1.82, 2.24) is 9.62 Å². The number of benzene rings is 2. The molecule has 0 unspecified atom stereocenters. The normalized spacial score (nSPS) is 16.2. The standard InChI is InChI=1S/C22H25N3O4S/c1-16(26)25-12-10-19-13-20(8-9-21(19)25)30(28,29)23-14-17-4-6-18(7-5-17)15-24-11-2-3-22(24)27/h4-9,13,23H,2-3,10-12,14-15H2,1H3. The predicted octanol–water partition coefficient (Wildman–Crippen LogP) is 2.20. The highest BCUT2D eigenvalue weighted by Gasteiger charge is 2.25. The summed E-state index contributed by atoms with van der Waals surface area (Å²) in [6.45, 7) is 3.66. The third-order valence-electron chi connectivity index (χ3n) is 5.67. The van der Waals surface area contributed by atoms with Crippen LogP contribution in [0.2, 0.25) is 0 Å². The first-order valence-corrected chi connectivity index (χ1v) is 11.6. The van der Waals surface area contributed by atoms with E-state index < -0.39 is 10.0 Å². The summed E-state index contributed by atoms with van der Waals surface area (Å²) in [5.74, 6) is 0.146. The van der Waals surface area contributed by atoms with Crippen molar-refractivity contribution in [3.05, 3.63) is 59.2 Å². The number of fused-ring (bicyclic) bond motifs is 1. The molecule has 158 valence electrons. The number of rotatable bonds is 6. The van der Waals surface area contributed by atoms with Gasteiger partial charge in [-0.1, -0.05) is 24.3 Å². The van der Waals surface area contributed by atoms with Gasteiger partial charge < -0.3 is 9.80 Å². The van der Waals surface area contributed by atoms with Crippen molar-refractivity contribution >= 4 is 27.5 Å². The van der Waals surface area contributed by atoms with Crippen molar-refractivity contribution in [2.45, 2.75) is 44.2 Å². The first-order valence-electron chi connectivity index (χ1n) is 10.1. The summed E-state index contributed by atoms with van der Waals surface area (Å²) in [6.07, 6.45) is 2.18. The number of nitrogens with one attached hydrogen (secondary N) is 1. The van der Waals surface area contributed by atoms with E-state index in [-0.39, 0.29) is 23.3 Å². The zero-order valence-corrected chi connectivity index (χ0v) is 17.7. The molecule has 2 amide bonds. The second kappa shape index (κ2) is 8.20. The summed E-state index contributed by atoms with van der Waals surface area (Å²) in [5, 5.41) is 0. The predicted molar refractivity (Wildman–Crippen MR) is 113 cm³/mol. The zero-order valence-electron chi connectivity index (χ0n) is 16.9. The van der Waals surface area contributed by atoms with Crippen LogP contribution in [-0.2, 0) is 39.1 Å². The fourth-order valence-corrected chi connectivity index (χ4v) is 5.06. The van der Waals surface area contributed by atoms with Crippen LogP contribution in [0.15, 0.2) is 47.4 Å². The number of carbonyl (C=O) groups is 2. The van der Waals surface area contributed by atoms with E-state index in [1.807, 2.05) is 29.2 Å². The number of hydrogen-bond donors (Lipinski definition) is 1. The maximum atomic E-state index is 12.7. The van der Waals surface area contributed by atoms with Gasteiger partial charge in [0.05, 0.1) is 4.90 Å². The maximum Gasteiger partial charge on any atom is 0.240 e. The molecule has 2 heterocycles. The van der Waals surface area contributed by atoms with Gasteiger partial charge in [-0.3, -0.25) is 9.59 Å². The van der Waals surface area contributed by atoms with Crippen LogP contribution in [0.1, 0.15) is 36.5 Å². The van der Waals surface area contributed by atoms with E-state index in [2.05, 4.69) is 4.72 Å². The minimum atomic E-state index is -3.66. The van der Waals surface area contributed by atoms with Gasteiger partial charge in [0.2, 0.25) is 21.8 Å². The molecule has 1 saturated heterocycles. The van der Waals surface area contributed by atoms with Crippen LogP contribution in [0, 0.1) is 0 Å². The van der Waals surface area contributed by atoms with E-state index in [1.165, 1.54) is 6.92 Å². The van der Waals surface area contributed by atoms with Gasteiger partial charge in [-0.25, -0.2) is 13.1 Å². The maximum absolute atomic E-state index is 12.7. The Labute approximate surface area is 176 Å². The number of hydrogen-bond acceptors (Lipinski definition) is 4. The van der Waals surface area contributed by atoms with Crippen molar-refractivity contribution in [1.29, 1.82) is 0 Å². The fraction of sp³-hybridized carbons (Fsp3) is 0.364. The van der Waals surface area contributed by atoms with Gasteiger partial charge >= 0.3 is 0 Å². The molecule has 30 heavy (non-hydrogen) atoms. The number of sulfonamides is 1. The summed E-state index contributed by atoms with van der Waals surface area (Å²) in [4.78, 5) is 27.1. The lowest BCUT2D eigenvalue weighted by molar-refractivity contribution is -0.128. The van der Waals surface area contributed by atoms with Crippen molar-refractivity contribution in [2.75, 3.05) is 18.0 Å². The molecule has 1 N–H and O–H groups in total. The van der Waals surface area contributed by atoms with E-state index in [0.29, 0.717) is 25.9 Å². The minimum absolute atomic E-state index is 0.0416. The first-order chi connectivity index (χ1) is 14.3. The van der Waals surface area contributed by atoms with E-state index in [0.717, 1.165) is 35.3 Å². The van der Waals surface area contributed by atoms with E-state index in [4.69, 9.17) is 0 Å². The Morgan fingerprint density at radius 1 is 1.03 bits per heavy atom. The molecule has 2 aromatic rings. The Morgan fingerprint density at radius 3 is 2.43 bits per heavy atom. The van der Waals surface area contributed by atoms with Gasteiger partial charge in [0.25, 0.3) is 0 Å². The highest BCUT2D eigenvalue weighted by atomic mass is 32.2. The summed E-state index contributed by atoms with van der Waals surface area (Å²) >= 11 is 0. The van der Waals surface area contributed by atoms with Crippen LogP contribution < -0.4 is 9.62 Å². The van der Waals surface area contributed by atoms with Gasteiger partial charge in [-0.15, -0.1) is 0 Å². The third-order valence-corrected chi connectivity index (χ3v) is 7.07. The number of nitrogens with zero attached hydrogens (tertiary/aromatic N) is 2. The molecule has 0 atom stereocenters. The van der Waals surface area contributed by atoms with E-state index >= 15 is 0 Å². The highest BCUT2D eigenvalue weighted by Crippen LogP contribution is 2.30. The summed E-state index contributed by atoms with van der Waals surface area (Å²) in [5.41, 5.74) is 3.53. The van der Waals surface area contributed by atoms with E-state index in [9.17, 15) is 18.0 Å². The molecule has 0 aliphatic carbocycles. The number of carbonyl (C=O) groups excluding carboxylic acids is 2. The van der Waals surface area contributed by atoms with E-state index in [1.54, 1.807) is 23.1 Å². The van der Waals surface area contributed by atoms with Gasteiger partial charge in [0.15, 0.2) is 0 Å². The van der Waals surface area contributed by atoms with Gasteiger partial charge in [0, 0.05) is 45.2 Å². The Balaban J connectivity index is 1.39. The molecule has 4 rings (SSSR count). The van der Waals surface area contributed by atoms with Gasteiger partial charge in [-0.05, 0) is 47.7 Å². The average molecular weight is 428 g/mol. The molecular formula is C22H25N3O4S. The highest BCUT2D eigenvalue weighted by molar-refractivity contribution is 7.89. The van der Waals surface area contributed by atoms with Crippen LogP contribution in [0.4, 0.5) is 5.69 Å². The smallest absolute Gasteiger partial charge is 0.240 e. The van der Waals surface area contributed by atoms with Crippen molar-refractivity contribution < 1.29 is 18.0 Å². The summed E-state index contributed by atoms with van der Waals surface area (Å²) in [6, 6.07) is 12.5. The largest absolute Gasteiger partial charge is 0.338 e. The quantitative estimate of drug-likeness (QED) is 0.766. The van der Waals surface area contributed by atoms with Crippen molar-refractivity contribution in [2.24, 2.45) is 0 Å². The number of amides is 2. The third kappa shape index (κ3) is 4.24. The average Bonchev–Trinajstić information content (AvgIpc) is 3.33. The summed E-state index contributed by atoms with van der Waals surface area (Å²) < 4.78 is 28.1. The molecule has 2 aliphatic heterocycles. The zero-order chi connectivity index (χ0) is 21.3. The van der Waals surface area contributed by atoms with Crippen LogP contribution >= 0.6 is 0 Å². The van der Waals surface area contributed by atoms with Crippen molar-refractivity contribution in [3.8, 4) is 0 Å². The molecule has 0 radical (unpaired) electrons. The monoisotopic (exact) mass is 427 g/mol. The van der Waals surface area contributed by atoms with Crippen LogP contribution in [0.25, 0.3) is 0 Å². The Bertz CT molecular complexity index is 1080. The lowest BCUT2D eigenvalue weighted by atomic mass is 10.1. The Hall–Kier alpha value is -2.71. The minimum Gasteiger partial charge on any atom is -0.338 e. The van der Waals surface area contributed by atoms with Crippen LogP contribution in [0.3, 0.4) is 0 Å². The Morgan fingerprint density at radius 2 is 1.77 bits per heavy atom. The topological polar surface area (TPSA) is 86.8 Å². The molecule has 2 aliphatic rings. The molecule has 1 fully saturated rings. The van der Waals surface area contributed by atoms with Crippen molar-refractivity contribution in [3.63, 3.8) is 0 Å². The second-order valence-electron chi connectivity index (χ2n) is 7.77. The van der Waals surface area contributed by atoms with Crippen LogP contribution in [0.5, 0.6) is 0 Å². The lowest BCUT2D eigenvalue weighted by Gasteiger charge is -2.16. The molecule has 7 nitrogen and oxygen atoms in total. The molecule has 8 heteroatoms. The first kappa shape index (κ1) is 20.6. The fourth-order valence-electron chi connectivity index (χ4n) is 3.99. The van der Waals surface area contributed by atoms with Gasteiger partial charge in [-0.2, -0.15) is 0 Å². The molecular weight excluding hydrogens is 402 g/mol. The molecule has 0 saturated carbocycles. The molecule has 0 bridgehead atoms. The van der Waals surface area contributed by atoms with Gasteiger partial charge in [0.1, 0.15) is 0 Å². The molecule has 2 aromatic carbocycles. The Kier molecular flexibility index (Phi) is 5.62. The molecule has 0 aromatic heterocycles. The second-order valence-corrected chi connectivity index (χ2v) is 9.54. The lowest BCUT2D eigenvalue weighted by Crippen LogP contribution is -2.26.